The normalized spacial score (nSPS) is 36.4. The molecular weight excluding hydrogens is 148 g/mol. The number of carbonyl (C=O) groups excluding carboxylic acids is 1. The second-order valence-corrected chi connectivity index (χ2v) is 3.82. The Balaban J connectivity index is 2.89. The summed E-state index contributed by atoms with van der Waals surface area (Å²) in [5.74, 6) is 0.538. The molecule has 0 aromatic heterocycles. The van der Waals surface area contributed by atoms with E-state index in [0.29, 0.717) is 5.92 Å². The fourth-order valence-electron chi connectivity index (χ4n) is 1.57. The summed E-state index contributed by atoms with van der Waals surface area (Å²) in [5, 5.41) is 0. The van der Waals surface area contributed by atoms with Gasteiger partial charge in [0.2, 0.25) is 0 Å². The van der Waals surface area contributed by atoms with Crippen LogP contribution in [0.4, 0.5) is 0 Å². The van der Waals surface area contributed by atoms with Crippen LogP contribution in [0.15, 0.2) is 24.3 Å². The Hall–Kier alpha value is -0.850. The smallest absolute Gasteiger partial charge is 0.123 e. The lowest BCUT2D eigenvalue weighted by Gasteiger charge is -2.35. The molecule has 66 valence electrons. The molecule has 12 heavy (non-hydrogen) atoms. The number of allylic oxidation sites excluding steroid dienone is 4. The van der Waals surface area contributed by atoms with Gasteiger partial charge in [-0.1, -0.05) is 45.1 Å². The monoisotopic (exact) mass is 164 g/mol. The van der Waals surface area contributed by atoms with Gasteiger partial charge >= 0.3 is 0 Å². The minimum absolute atomic E-state index is 0.0104. The number of hydrogen-bond acceptors (Lipinski definition) is 1. The highest BCUT2D eigenvalue weighted by Gasteiger charge is 2.33. The summed E-state index contributed by atoms with van der Waals surface area (Å²) < 4.78 is 0. The van der Waals surface area contributed by atoms with Crippen LogP contribution in [0.3, 0.4) is 0 Å². The van der Waals surface area contributed by atoms with Crippen molar-refractivity contribution in [2.45, 2.75) is 20.8 Å². The Morgan fingerprint density at radius 3 is 2.67 bits per heavy atom. The first-order valence-electron chi connectivity index (χ1n) is 4.42. The highest BCUT2D eigenvalue weighted by molar-refractivity contribution is 5.55. The maximum atomic E-state index is 10.7. The van der Waals surface area contributed by atoms with Crippen molar-refractivity contribution in [2.75, 3.05) is 0 Å². The largest absolute Gasteiger partial charge is 0.303 e. The molecule has 0 saturated heterocycles. The molecule has 0 aliphatic heterocycles. The zero-order valence-electron chi connectivity index (χ0n) is 7.95. The second-order valence-electron chi connectivity index (χ2n) is 3.82. The highest BCUT2D eigenvalue weighted by Crippen LogP contribution is 2.38. The molecule has 3 atom stereocenters. The van der Waals surface area contributed by atoms with E-state index >= 15 is 0 Å². The Kier molecular flexibility index (Phi) is 2.51. The number of carbonyl (C=O) groups is 1. The predicted octanol–water partition coefficient (Wildman–Crippen LogP) is 2.59. The average molecular weight is 164 g/mol. The molecule has 0 aromatic rings. The first-order chi connectivity index (χ1) is 5.61. The summed E-state index contributed by atoms with van der Waals surface area (Å²) in [4.78, 5) is 10.7. The summed E-state index contributed by atoms with van der Waals surface area (Å²) in [6, 6.07) is 0. The molecule has 1 heteroatoms. The van der Waals surface area contributed by atoms with E-state index in [1.807, 2.05) is 19.1 Å². The first kappa shape index (κ1) is 9.24. The molecular formula is C11H16O. The van der Waals surface area contributed by atoms with Gasteiger partial charge in [-0.2, -0.15) is 0 Å². The zero-order chi connectivity index (χ0) is 9.19. The first-order valence-corrected chi connectivity index (χ1v) is 4.42. The van der Waals surface area contributed by atoms with Gasteiger partial charge in [-0.15, -0.1) is 0 Å². The fourth-order valence-corrected chi connectivity index (χ4v) is 1.57. The standard InChI is InChI=1S/C11H16O/c1-9-6-4-5-7-11(9,3)10(2)8-12/h4-10H,1-3H3. The lowest BCUT2D eigenvalue weighted by Crippen LogP contribution is -2.31. The van der Waals surface area contributed by atoms with Crippen LogP contribution in [-0.2, 0) is 4.79 Å². The molecule has 1 aliphatic rings. The molecule has 1 rings (SSSR count). The van der Waals surface area contributed by atoms with Gasteiger partial charge in [-0.05, 0) is 5.92 Å². The molecule has 0 amide bonds. The van der Waals surface area contributed by atoms with Gasteiger partial charge in [0.15, 0.2) is 0 Å². The van der Waals surface area contributed by atoms with Gasteiger partial charge in [0.25, 0.3) is 0 Å². The molecule has 0 saturated carbocycles. The third-order valence-electron chi connectivity index (χ3n) is 3.13. The van der Waals surface area contributed by atoms with Gasteiger partial charge in [0.05, 0.1) is 0 Å². The maximum Gasteiger partial charge on any atom is 0.123 e. The van der Waals surface area contributed by atoms with Gasteiger partial charge in [-0.25, -0.2) is 0 Å². The SMILES string of the molecule is CC(C=O)C1(C)C=CC=CC1C. The molecule has 0 fully saturated rings. The quantitative estimate of drug-likeness (QED) is 0.573. The van der Waals surface area contributed by atoms with Crippen LogP contribution in [0.2, 0.25) is 0 Å². The van der Waals surface area contributed by atoms with Crippen molar-refractivity contribution >= 4 is 6.29 Å². The lowest BCUT2D eigenvalue weighted by atomic mass is 9.68. The fraction of sp³-hybridized carbons (Fsp3) is 0.545. The molecule has 0 radical (unpaired) electrons. The summed E-state index contributed by atoms with van der Waals surface area (Å²) in [7, 11) is 0. The number of hydrogen-bond donors (Lipinski definition) is 0. The van der Waals surface area contributed by atoms with E-state index in [1.54, 1.807) is 0 Å². The van der Waals surface area contributed by atoms with Gasteiger partial charge in [-0.3, -0.25) is 0 Å². The Labute approximate surface area is 74.2 Å². The van der Waals surface area contributed by atoms with E-state index < -0.39 is 0 Å². The molecule has 1 aliphatic carbocycles. The zero-order valence-corrected chi connectivity index (χ0v) is 7.95. The van der Waals surface area contributed by atoms with Gasteiger partial charge in [0, 0.05) is 11.3 Å². The van der Waals surface area contributed by atoms with Crippen molar-refractivity contribution in [3.05, 3.63) is 24.3 Å². The van der Waals surface area contributed by atoms with Crippen molar-refractivity contribution in [3.63, 3.8) is 0 Å². The van der Waals surface area contributed by atoms with Crippen molar-refractivity contribution in [1.82, 2.24) is 0 Å². The summed E-state index contributed by atoms with van der Waals surface area (Å²) in [6.45, 7) is 6.27. The topological polar surface area (TPSA) is 17.1 Å². The van der Waals surface area contributed by atoms with E-state index in [0.717, 1.165) is 6.29 Å². The Morgan fingerprint density at radius 2 is 2.17 bits per heavy atom. The van der Waals surface area contributed by atoms with Crippen LogP contribution in [0, 0.1) is 17.3 Å². The third-order valence-corrected chi connectivity index (χ3v) is 3.13. The Morgan fingerprint density at radius 1 is 1.50 bits per heavy atom. The average Bonchev–Trinajstić information content (AvgIpc) is 2.09. The van der Waals surface area contributed by atoms with Crippen LogP contribution in [0.5, 0.6) is 0 Å². The number of rotatable bonds is 2. The van der Waals surface area contributed by atoms with Crippen molar-refractivity contribution < 1.29 is 4.79 Å². The molecule has 3 unspecified atom stereocenters. The van der Waals surface area contributed by atoms with Gasteiger partial charge < -0.3 is 4.79 Å². The molecule has 0 N–H and O–H groups in total. The molecule has 0 spiro atoms. The number of aldehydes is 1. The minimum Gasteiger partial charge on any atom is -0.303 e. The van der Waals surface area contributed by atoms with Crippen LogP contribution in [0.1, 0.15) is 20.8 Å². The van der Waals surface area contributed by atoms with E-state index in [4.69, 9.17) is 0 Å². The molecule has 0 bridgehead atoms. The van der Waals surface area contributed by atoms with E-state index in [2.05, 4.69) is 26.0 Å². The van der Waals surface area contributed by atoms with Crippen LogP contribution >= 0.6 is 0 Å². The summed E-state index contributed by atoms with van der Waals surface area (Å²) >= 11 is 0. The Bertz CT molecular complexity index is 221. The van der Waals surface area contributed by atoms with E-state index in [9.17, 15) is 4.79 Å². The predicted molar refractivity (Wildman–Crippen MR) is 50.8 cm³/mol. The minimum atomic E-state index is 0.0104. The van der Waals surface area contributed by atoms with Crippen molar-refractivity contribution in [1.29, 1.82) is 0 Å². The van der Waals surface area contributed by atoms with E-state index in [1.165, 1.54) is 0 Å². The third kappa shape index (κ3) is 1.36. The second kappa shape index (κ2) is 3.26. The molecule has 1 nitrogen and oxygen atoms in total. The van der Waals surface area contributed by atoms with Crippen molar-refractivity contribution in [3.8, 4) is 0 Å². The molecule has 0 heterocycles. The molecule has 0 aromatic carbocycles. The van der Waals surface area contributed by atoms with E-state index in [-0.39, 0.29) is 11.3 Å². The maximum absolute atomic E-state index is 10.7. The summed E-state index contributed by atoms with van der Waals surface area (Å²) in [6.07, 6.45) is 9.40. The van der Waals surface area contributed by atoms with Gasteiger partial charge in [0.1, 0.15) is 6.29 Å². The van der Waals surface area contributed by atoms with Crippen molar-refractivity contribution in [2.24, 2.45) is 17.3 Å². The van der Waals surface area contributed by atoms with Crippen LogP contribution in [-0.4, -0.2) is 6.29 Å². The van der Waals surface area contributed by atoms with Crippen LogP contribution < -0.4 is 0 Å². The lowest BCUT2D eigenvalue weighted by molar-refractivity contribution is -0.113. The highest BCUT2D eigenvalue weighted by atomic mass is 16.1. The van der Waals surface area contributed by atoms with Crippen LogP contribution in [0.25, 0.3) is 0 Å². The summed E-state index contributed by atoms with van der Waals surface area (Å²) in [5.41, 5.74) is 0.0104.